The monoisotopic (exact) mass is 410 g/mol. The summed E-state index contributed by atoms with van der Waals surface area (Å²) in [5.41, 5.74) is 5.58. The molecule has 0 aliphatic heterocycles. The smallest absolute Gasteiger partial charge is 0.310 e. The quantitative estimate of drug-likeness (QED) is 0.455. The van der Waals surface area contributed by atoms with Crippen LogP contribution in [-0.4, -0.2) is 12.1 Å². The Morgan fingerprint density at radius 2 is 1.35 bits per heavy atom. The minimum Gasteiger partial charge on any atom is -0.462 e. The van der Waals surface area contributed by atoms with Crippen molar-refractivity contribution >= 4 is 5.97 Å². The van der Waals surface area contributed by atoms with Gasteiger partial charge in [0.2, 0.25) is 0 Å². The van der Waals surface area contributed by atoms with E-state index in [-0.39, 0.29) is 23.9 Å². The van der Waals surface area contributed by atoms with Gasteiger partial charge in [0, 0.05) is 11.8 Å². The Hall–Kier alpha value is -2.09. The second kappa shape index (κ2) is 6.03. The van der Waals surface area contributed by atoms with Crippen molar-refractivity contribution in [1.29, 1.82) is 0 Å². The van der Waals surface area contributed by atoms with Gasteiger partial charge < -0.3 is 4.74 Å². The molecule has 2 nitrogen and oxygen atoms in total. The molecular weight excluding hydrogens is 380 g/mol. The number of hydrogen-bond acceptors (Lipinski definition) is 2. The highest BCUT2D eigenvalue weighted by molar-refractivity contribution is 5.78. The van der Waals surface area contributed by atoms with Crippen molar-refractivity contribution in [2.75, 3.05) is 0 Å². The van der Waals surface area contributed by atoms with Crippen LogP contribution in [0.3, 0.4) is 0 Å². The zero-order valence-corrected chi connectivity index (χ0v) is 18.0. The fourth-order valence-electron chi connectivity index (χ4n) is 9.74. The molecule has 4 saturated carbocycles. The molecule has 0 spiro atoms. The molecule has 2 aromatic carbocycles. The van der Waals surface area contributed by atoms with Crippen LogP contribution in [0.1, 0.15) is 72.6 Å². The highest BCUT2D eigenvalue weighted by Crippen LogP contribution is 2.68. The fourth-order valence-corrected chi connectivity index (χ4v) is 9.74. The van der Waals surface area contributed by atoms with Gasteiger partial charge in [-0.05, 0) is 96.3 Å². The molecule has 0 radical (unpaired) electrons. The Bertz CT molecular complexity index is 1040. The van der Waals surface area contributed by atoms with Crippen LogP contribution in [0, 0.1) is 41.4 Å². The van der Waals surface area contributed by atoms with E-state index in [0.29, 0.717) is 11.8 Å². The normalized spacial score (nSPS) is 44.8. The van der Waals surface area contributed by atoms with Crippen molar-refractivity contribution < 1.29 is 9.53 Å². The molecule has 158 valence electrons. The lowest BCUT2D eigenvalue weighted by molar-refractivity contribution is -0.160. The fraction of sp³-hybridized carbons (Fsp3) is 0.552. The molecule has 2 heteroatoms. The number of ether oxygens (including phenoxy) is 1. The average molecular weight is 411 g/mol. The summed E-state index contributed by atoms with van der Waals surface area (Å²) < 4.78 is 6.44. The van der Waals surface area contributed by atoms with Crippen molar-refractivity contribution in [2.24, 2.45) is 41.4 Å². The van der Waals surface area contributed by atoms with Gasteiger partial charge in [0.25, 0.3) is 0 Å². The van der Waals surface area contributed by atoms with Gasteiger partial charge in [0.05, 0.1) is 5.92 Å². The predicted octanol–water partition coefficient (Wildman–Crippen LogP) is 5.90. The Morgan fingerprint density at radius 1 is 0.710 bits per heavy atom. The van der Waals surface area contributed by atoms with Crippen molar-refractivity contribution in [1.82, 2.24) is 0 Å². The maximum absolute atomic E-state index is 13.7. The molecule has 7 aliphatic carbocycles. The van der Waals surface area contributed by atoms with Crippen LogP contribution < -0.4 is 0 Å². The lowest BCUT2D eigenvalue weighted by atomic mass is 9.59. The van der Waals surface area contributed by atoms with Gasteiger partial charge in [-0.3, -0.25) is 4.79 Å². The number of esters is 1. The third-order valence-electron chi connectivity index (χ3n) is 10.5. The van der Waals surface area contributed by atoms with Crippen LogP contribution in [0.4, 0.5) is 0 Å². The summed E-state index contributed by atoms with van der Waals surface area (Å²) in [7, 11) is 0. The SMILES string of the molecule is O=C(OC1CC2CC1C1C3CCC(C3)C21)C1CC2c3ccccc3C1c1ccccc12. The van der Waals surface area contributed by atoms with Crippen molar-refractivity contribution in [3.8, 4) is 0 Å². The Kier molecular flexibility index (Phi) is 3.40. The van der Waals surface area contributed by atoms with Gasteiger partial charge in [-0.1, -0.05) is 48.5 Å². The average Bonchev–Trinajstić information content (AvgIpc) is 3.59. The van der Waals surface area contributed by atoms with Gasteiger partial charge in [-0.25, -0.2) is 0 Å². The lowest BCUT2D eigenvalue weighted by Gasteiger charge is -2.45. The van der Waals surface area contributed by atoms with E-state index < -0.39 is 0 Å². The summed E-state index contributed by atoms with van der Waals surface area (Å²) in [5.74, 6) is 5.87. The molecule has 4 fully saturated rings. The summed E-state index contributed by atoms with van der Waals surface area (Å²) in [6.45, 7) is 0. The highest BCUT2D eigenvalue weighted by Gasteiger charge is 2.63. The summed E-state index contributed by atoms with van der Waals surface area (Å²) in [6, 6.07) is 17.6. The minimum absolute atomic E-state index is 0.0234. The van der Waals surface area contributed by atoms with E-state index in [9.17, 15) is 4.79 Å². The van der Waals surface area contributed by atoms with E-state index in [0.717, 1.165) is 42.4 Å². The number of fused-ring (bicyclic) bond motifs is 10. The Labute approximate surface area is 184 Å². The molecule has 9 rings (SSSR count). The zero-order chi connectivity index (χ0) is 20.3. The summed E-state index contributed by atoms with van der Waals surface area (Å²) in [4.78, 5) is 13.7. The molecule has 0 N–H and O–H groups in total. The third-order valence-corrected chi connectivity index (χ3v) is 10.5. The van der Waals surface area contributed by atoms with Crippen LogP contribution >= 0.6 is 0 Å². The first-order chi connectivity index (χ1) is 15.3. The van der Waals surface area contributed by atoms with Gasteiger partial charge in [0.1, 0.15) is 6.10 Å². The second-order valence-electron chi connectivity index (χ2n) is 11.5. The minimum atomic E-state index is -0.0234. The van der Waals surface area contributed by atoms with E-state index in [1.807, 2.05) is 0 Å². The first kappa shape index (κ1) is 17.5. The third kappa shape index (κ3) is 2.17. The molecule has 0 aromatic heterocycles. The van der Waals surface area contributed by atoms with E-state index in [2.05, 4.69) is 48.5 Å². The second-order valence-corrected chi connectivity index (χ2v) is 11.5. The Balaban J connectivity index is 1.10. The maximum Gasteiger partial charge on any atom is 0.310 e. The molecule has 8 atom stereocenters. The van der Waals surface area contributed by atoms with Crippen molar-refractivity contribution in [2.45, 2.75) is 56.5 Å². The van der Waals surface area contributed by atoms with E-state index in [1.165, 1.54) is 47.9 Å². The van der Waals surface area contributed by atoms with E-state index in [4.69, 9.17) is 4.74 Å². The molecule has 7 aliphatic rings. The maximum atomic E-state index is 13.7. The van der Waals surface area contributed by atoms with E-state index in [1.54, 1.807) is 0 Å². The molecule has 31 heavy (non-hydrogen) atoms. The van der Waals surface area contributed by atoms with Gasteiger partial charge in [-0.15, -0.1) is 0 Å². The molecule has 0 saturated heterocycles. The zero-order valence-electron chi connectivity index (χ0n) is 18.0. The summed E-state index contributed by atoms with van der Waals surface area (Å²) in [6.07, 6.45) is 7.98. The van der Waals surface area contributed by atoms with Crippen LogP contribution in [-0.2, 0) is 9.53 Å². The molecule has 2 aromatic rings. The lowest BCUT2D eigenvalue weighted by Crippen LogP contribution is -2.41. The van der Waals surface area contributed by atoms with Crippen LogP contribution in [0.15, 0.2) is 48.5 Å². The first-order valence-electron chi connectivity index (χ1n) is 12.7. The molecule has 6 bridgehead atoms. The van der Waals surface area contributed by atoms with Gasteiger partial charge in [-0.2, -0.15) is 0 Å². The predicted molar refractivity (Wildman–Crippen MR) is 119 cm³/mol. The number of hydrogen-bond donors (Lipinski definition) is 0. The Morgan fingerprint density at radius 3 is 2.06 bits per heavy atom. The molecule has 8 unspecified atom stereocenters. The van der Waals surface area contributed by atoms with Crippen molar-refractivity contribution in [3.05, 3.63) is 70.8 Å². The standard InChI is InChI=1S/C29H30O2/c30-29(31-25-13-17-12-23(25)27-16-10-9-15(11-16)26(17)27)24-14-22-18-5-1-3-7-20(18)28(24)21-8-4-2-6-19(21)22/h1-8,15-17,22-28H,9-14H2. The number of carbonyl (C=O) groups excluding carboxylic acids is 1. The van der Waals surface area contributed by atoms with Crippen LogP contribution in [0.2, 0.25) is 0 Å². The molecule has 0 amide bonds. The topological polar surface area (TPSA) is 26.3 Å². The summed E-state index contributed by atoms with van der Waals surface area (Å²) in [5, 5.41) is 0. The van der Waals surface area contributed by atoms with Crippen LogP contribution in [0.25, 0.3) is 0 Å². The largest absolute Gasteiger partial charge is 0.462 e. The molecule has 0 heterocycles. The van der Waals surface area contributed by atoms with Crippen molar-refractivity contribution in [3.63, 3.8) is 0 Å². The first-order valence-corrected chi connectivity index (χ1v) is 12.7. The van der Waals surface area contributed by atoms with E-state index >= 15 is 0 Å². The van der Waals surface area contributed by atoms with Gasteiger partial charge >= 0.3 is 5.97 Å². The number of carbonyl (C=O) groups is 1. The number of benzene rings is 2. The number of rotatable bonds is 2. The highest BCUT2D eigenvalue weighted by atomic mass is 16.5. The van der Waals surface area contributed by atoms with Gasteiger partial charge in [0.15, 0.2) is 0 Å². The summed E-state index contributed by atoms with van der Waals surface area (Å²) >= 11 is 0. The molecular formula is C29H30O2. The van der Waals surface area contributed by atoms with Crippen LogP contribution in [0.5, 0.6) is 0 Å².